The number of hydrogen-bond donors (Lipinski definition) is 1. The molecule has 2 rings (SSSR count). The number of pyridine rings is 1. The van der Waals surface area contributed by atoms with Gasteiger partial charge in [-0.1, -0.05) is 29.3 Å². The third kappa shape index (κ3) is 3.58. The number of aryl methyl sites for hydroxylation is 1. The summed E-state index contributed by atoms with van der Waals surface area (Å²) in [5.74, 6) is -0.306. The average molecular weight is 407 g/mol. The van der Waals surface area contributed by atoms with E-state index in [1.807, 2.05) is 25.1 Å². The van der Waals surface area contributed by atoms with E-state index < -0.39 is 0 Å². The maximum atomic E-state index is 12.1. The number of hydrogen-bond acceptors (Lipinski definition) is 2. The highest BCUT2D eigenvalue weighted by atomic mass is 127. The molecule has 0 aliphatic heterocycles. The van der Waals surface area contributed by atoms with Crippen molar-refractivity contribution in [3.8, 4) is 0 Å². The number of nitrogens with one attached hydrogen (secondary N) is 1. The van der Waals surface area contributed by atoms with Crippen LogP contribution in [0.4, 0.5) is 5.69 Å². The topological polar surface area (TPSA) is 42.0 Å². The summed E-state index contributed by atoms with van der Waals surface area (Å²) >= 11 is 13.8. The second-order valence-corrected chi connectivity index (χ2v) is 5.88. The molecule has 0 saturated carbocycles. The molecule has 2 aromatic rings. The number of nitrogens with zero attached hydrogens (tertiary/aromatic N) is 1. The van der Waals surface area contributed by atoms with E-state index in [1.54, 1.807) is 6.07 Å². The van der Waals surface area contributed by atoms with Gasteiger partial charge in [0.1, 0.15) is 10.3 Å². The SMILES string of the molecule is Cc1ccc(I)cc1NC(=O)c1ccc(Cl)nc1Cl. The number of rotatable bonds is 2. The maximum absolute atomic E-state index is 12.1. The molecule has 1 amide bonds. The molecule has 1 heterocycles. The van der Waals surface area contributed by atoms with E-state index in [0.29, 0.717) is 5.56 Å². The van der Waals surface area contributed by atoms with Crippen LogP contribution in [0.2, 0.25) is 10.3 Å². The summed E-state index contributed by atoms with van der Waals surface area (Å²) in [6.07, 6.45) is 0. The van der Waals surface area contributed by atoms with Crippen molar-refractivity contribution >= 4 is 57.4 Å². The fraction of sp³-hybridized carbons (Fsp3) is 0.0769. The summed E-state index contributed by atoms with van der Waals surface area (Å²) in [4.78, 5) is 16.0. The van der Waals surface area contributed by atoms with E-state index in [-0.39, 0.29) is 16.2 Å². The van der Waals surface area contributed by atoms with Crippen LogP contribution in [0.25, 0.3) is 0 Å². The molecule has 0 saturated heterocycles. The molecule has 1 N–H and O–H groups in total. The van der Waals surface area contributed by atoms with Gasteiger partial charge in [0.05, 0.1) is 5.56 Å². The van der Waals surface area contributed by atoms with E-state index in [9.17, 15) is 4.79 Å². The second kappa shape index (κ2) is 6.07. The van der Waals surface area contributed by atoms with E-state index >= 15 is 0 Å². The minimum Gasteiger partial charge on any atom is -0.322 e. The van der Waals surface area contributed by atoms with Crippen LogP contribution in [0.5, 0.6) is 0 Å². The standard InChI is InChI=1S/C13H9Cl2IN2O/c1-7-2-3-8(16)6-10(7)17-13(19)9-4-5-11(14)18-12(9)15/h2-6H,1H3,(H,17,19). The Labute approximate surface area is 134 Å². The zero-order valence-electron chi connectivity index (χ0n) is 9.88. The van der Waals surface area contributed by atoms with E-state index in [2.05, 4.69) is 32.9 Å². The number of carbonyl (C=O) groups excluding carboxylic acids is 1. The Morgan fingerprint density at radius 2 is 2.00 bits per heavy atom. The van der Waals surface area contributed by atoms with Gasteiger partial charge in [0.25, 0.3) is 5.91 Å². The summed E-state index contributed by atoms with van der Waals surface area (Å²) in [6, 6.07) is 8.90. The van der Waals surface area contributed by atoms with Gasteiger partial charge >= 0.3 is 0 Å². The summed E-state index contributed by atoms with van der Waals surface area (Å²) in [5.41, 5.74) is 2.03. The first-order valence-electron chi connectivity index (χ1n) is 5.37. The van der Waals surface area contributed by atoms with Crippen molar-refractivity contribution in [1.82, 2.24) is 4.98 Å². The molecule has 0 spiro atoms. The quantitative estimate of drug-likeness (QED) is 0.587. The van der Waals surface area contributed by atoms with Crippen molar-refractivity contribution in [2.45, 2.75) is 6.92 Å². The van der Waals surface area contributed by atoms with Crippen LogP contribution in [-0.2, 0) is 0 Å². The molecule has 0 bridgehead atoms. The predicted molar refractivity (Wildman–Crippen MR) is 86.1 cm³/mol. The third-order valence-corrected chi connectivity index (χ3v) is 3.68. The molecular formula is C13H9Cl2IN2O. The fourth-order valence-corrected chi connectivity index (χ4v) is 2.42. The zero-order chi connectivity index (χ0) is 14.0. The Balaban J connectivity index is 2.28. The van der Waals surface area contributed by atoms with Crippen molar-refractivity contribution < 1.29 is 4.79 Å². The lowest BCUT2D eigenvalue weighted by atomic mass is 10.2. The lowest BCUT2D eigenvalue weighted by Crippen LogP contribution is -2.14. The molecule has 98 valence electrons. The van der Waals surface area contributed by atoms with E-state index in [4.69, 9.17) is 23.2 Å². The van der Waals surface area contributed by atoms with Gasteiger partial charge in [0.15, 0.2) is 0 Å². The van der Waals surface area contributed by atoms with Gasteiger partial charge in [0.2, 0.25) is 0 Å². The van der Waals surface area contributed by atoms with E-state index in [1.165, 1.54) is 6.07 Å². The molecule has 0 unspecified atom stereocenters. The Morgan fingerprint density at radius 3 is 2.68 bits per heavy atom. The highest BCUT2D eigenvalue weighted by Crippen LogP contribution is 2.21. The first kappa shape index (κ1) is 14.6. The molecule has 0 aliphatic rings. The lowest BCUT2D eigenvalue weighted by Gasteiger charge is -2.09. The highest BCUT2D eigenvalue weighted by molar-refractivity contribution is 14.1. The maximum Gasteiger partial charge on any atom is 0.258 e. The summed E-state index contributed by atoms with van der Waals surface area (Å²) < 4.78 is 1.04. The van der Waals surface area contributed by atoms with Crippen LogP contribution >= 0.6 is 45.8 Å². The number of halogens is 3. The van der Waals surface area contributed by atoms with Crippen molar-refractivity contribution in [2.75, 3.05) is 5.32 Å². The monoisotopic (exact) mass is 406 g/mol. The Morgan fingerprint density at radius 1 is 1.26 bits per heavy atom. The summed E-state index contributed by atoms with van der Waals surface area (Å²) in [5, 5.41) is 3.16. The molecule has 6 heteroatoms. The lowest BCUT2D eigenvalue weighted by molar-refractivity contribution is 0.102. The normalized spacial score (nSPS) is 10.3. The van der Waals surface area contributed by atoms with Gasteiger partial charge in [-0.3, -0.25) is 4.79 Å². The van der Waals surface area contributed by atoms with Gasteiger partial charge in [-0.2, -0.15) is 0 Å². The molecule has 0 atom stereocenters. The van der Waals surface area contributed by atoms with Gasteiger partial charge in [-0.15, -0.1) is 0 Å². The third-order valence-electron chi connectivity index (χ3n) is 2.51. The molecule has 3 nitrogen and oxygen atoms in total. The number of aromatic nitrogens is 1. The number of carbonyl (C=O) groups is 1. The van der Waals surface area contributed by atoms with Crippen molar-refractivity contribution in [1.29, 1.82) is 0 Å². The first-order chi connectivity index (χ1) is 8.97. The Kier molecular flexibility index (Phi) is 4.65. The van der Waals surface area contributed by atoms with Gasteiger partial charge < -0.3 is 5.32 Å². The van der Waals surface area contributed by atoms with Crippen LogP contribution in [0, 0.1) is 10.5 Å². The molecule has 0 aliphatic carbocycles. The van der Waals surface area contributed by atoms with Gasteiger partial charge in [-0.25, -0.2) is 4.98 Å². The Hall–Kier alpha value is -0.850. The van der Waals surface area contributed by atoms with Crippen LogP contribution in [0.1, 0.15) is 15.9 Å². The molecule has 19 heavy (non-hydrogen) atoms. The average Bonchev–Trinajstić information content (AvgIpc) is 2.33. The van der Waals surface area contributed by atoms with E-state index in [0.717, 1.165) is 14.8 Å². The highest BCUT2D eigenvalue weighted by Gasteiger charge is 2.13. The van der Waals surface area contributed by atoms with Crippen LogP contribution < -0.4 is 5.32 Å². The fourth-order valence-electron chi connectivity index (χ4n) is 1.50. The molecule has 1 aromatic carbocycles. The van der Waals surface area contributed by atoms with Crippen molar-refractivity contribution in [2.24, 2.45) is 0 Å². The van der Waals surface area contributed by atoms with Gasteiger partial charge in [0, 0.05) is 9.26 Å². The first-order valence-corrected chi connectivity index (χ1v) is 7.20. The summed E-state index contributed by atoms with van der Waals surface area (Å²) in [6.45, 7) is 1.92. The zero-order valence-corrected chi connectivity index (χ0v) is 13.5. The second-order valence-electron chi connectivity index (χ2n) is 3.89. The molecule has 0 fully saturated rings. The predicted octanol–water partition coefficient (Wildman–Crippen LogP) is 4.55. The Bertz CT molecular complexity index is 647. The van der Waals surface area contributed by atoms with Crippen LogP contribution in [0.15, 0.2) is 30.3 Å². The minimum absolute atomic E-state index is 0.0910. The number of amides is 1. The molecule has 1 aromatic heterocycles. The minimum atomic E-state index is -0.306. The smallest absolute Gasteiger partial charge is 0.258 e. The van der Waals surface area contributed by atoms with Gasteiger partial charge in [-0.05, 0) is 59.3 Å². The van der Waals surface area contributed by atoms with Crippen molar-refractivity contribution in [3.05, 3.63) is 55.3 Å². The molecular weight excluding hydrogens is 398 g/mol. The van der Waals surface area contributed by atoms with Crippen LogP contribution in [-0.4, -0.2) is 10.9 Å². The summed E-state index contributed by atoms with van der Waals surface area (Å²) in [7, 11) is 0. The molecule has 0 radical (unpaired) electrons. The number of benzene rings is 1. The van der Waals surface area contributed by atoms with Crippen LogP contribution in [0.3, 0.4) is 0 Å². The number of anilines is 1. The van der Waals surface area contributed by atoms with Crippen molar-refractivity contribution in [3.63, 3.8) is 0 Å². The largest absolute Gasteiger partial charge is 0.322 e.